The lowest BCUT2D eigenvalue weighted by molar-refractivity contribution is 0.175. The van der Waals surface area contributed by atoms with Crippen molar-refractivity contribution in [1.82, 2.24) is 9.78 Å². The Morgan fingerprint density at radius 2 is 2.05 bits per heavy atom. The summed E-state index contributed by atoms with van der Waals surface area (Å²) in [5.41, 5.74) is 2.99. The molecule has 1 atom stereocenters. The first kappa shape index (κ1) is 14.8. The first-order valence-corrected chi connectivity index (χ1v) is 7.74. The van der Waals surface area contributed by atoms with Crippen LogP contribution in [0.4, 0.5) is 0 Å². The molecule has 1 N–H and O–H groups in total. The van der Waals surface area contributed by atoms with E-state index in [-0.39, 0.29) is 0 Å². The zero-order valence-electron chi connectivity index (χ0n) is 10.9. The van der Waals surface area contributed by atoms with Crippen LogP contribution < -0.4 is 0 Å². The van der Waals surface area contributed by atoms with Crippen LogP contribution in [0.1, 0.15) is 30.0 Å². The van der Waals surface area contributed by atoms with E-state index in [1.165, 1.54) is 0 Å². The number of aromatic nitrogens is 2. The molecule has 0 spiro atoms. The second-order valence-electron chi connectivity index (χ2n) is 4.49. The van der Waals surface area contributed by atoms with E-state index in [1.54, 1.807) is 0 Å². The Hall–Kier alpha value is -0.650. The largest absolute Gasteiger partial charge is 0.388 e. The van der Waals surface area contributed by atoms with Crippen molar-refractivity contribution >= 4 is 31.9 Å². The molecule has 5 heteroatoms. The van der Waals surface area contributed by atoms with Gasteiger partial charge >= 0.3 is 0 Å². The van der Waals surface area contributed by atoms with Crippen molar-refractivity contribution in [3.63, 3.8) is 0 Å². The van der Waals surface area contributed by atoms with Gasteiger partial charge in [-0.2, -0.15) is 5.10 Å². The highest BCUT2D eigenvalue weighted by atomic mass is 79.9. The molecule has 0 saturated heterocycles. The van der Waals surface area contributed by atoms with Crippen molar-refractivity contribution in [2.24, 2.45) is 7.05 Å². The summed E-state index contributed by atoms with van der Waals surface area (Å²) in [5, 5.41) is 14.8. The predicted octanol–water partition coefficient (Wildman–Crippen LogP) is 3.78. The maximum atomic E-state index is 10.4. The third kappa shape index (κ3) is 3.46. The van der Waals surface area contributed by atoms with Crippen LogP contribution in [0.3, 0.4) is 0 Å². The minimum atomic E-state index is -0.539. The summed E-state index contributed by atoms with van der Waals surface area (Å²) >= 11 is 6.90. The number of benzene rings is 1. The standard InChI is InChI=1S/C14H16Br2N2O/c1-3-10-7-11(18(2)17-10)8-14(19)12-5-4-9(15)6-13(12)16/h4-7,14,19H,3,8H2,1-2H3. The molecule has 1 unspecified atom stereocenters. The molecule has 1 aromatic carbocycles. The summed E-state index contributed by atoms with van der Waals surface area (Å²) < 4.78 is 3.74. The Labute approximate surface area is 129 Å². The summed E-state index contributed by atoms with van der Waals surface area (Å²) in [4.78, 5) is 0. The highest BCUT2D eigenvalue weighted by Gasteiger charge is 2.15. The molecule has 0 fully saturated rings. The van der Waals surface area contributed by atoms with Gasteiger partial charge < -0.3 is 5.11 Å². The fourth-order valence-corrected chi connectivity index (χ4v) is 3.33. The first-order valence-electron chi connectivity index (χ1n) is 6.16. The highest BCUT2D eigenvalue weighted by molar-refractivity contribution is 9.11. The minimum Gasteiger partial charge on any atom is -0.388 e. The van der Waals surface area contributed by atoms with E-state index in [0.717, 1.165) is 32.3 Å². The van der Waals surface area contributed by atoms with Crippen molar-refractivity contribution in [2.75, 3.05) is 0 Å². The minimum absolute atomic E-state index is 0.539. The Morgan fingerprint density at radius 3 is 2.63 bits per heavy atom. The van der Waals surface area contributed by atoms with Gasteiger partial charge in [-0.05, 0) is 30.2 Å². The second kappa shape index (κ2) is 6.20. The van der Waals surface area contributed by atoms with E-state index in [4.69, 9.17) is 0 Å². The van der Waals surface area contributed by atoms with Crippen molar-refractivity contribution in [3.05, 3.63) is 50.2 Å². The average molecular weight is 388 g/mol. The fourth-order valence-electron chi connectivity index (χ4n) is 2.02. The quantitative estimate of drug-likeness (QED) is 0.866. The predicted molar refractivity (Wildman–Crippen MR) is 83.1 cm³/mol. The van der Waals surface area contributed by atoms with Gasteiger partial charge in [-0.15, -0.1) is 0 Å². The van der Waals surface area contributed by atoms with Gasteiger partial charge in [0.05, 0.1) is 11.8 Å². The molecule has 0 aliphatic heterocycles. The molecule has 102 valence electrons. The van der Waals surface area contributed by atoms with Crippen molar-refractivity contribution < 1.29 is 5.11 Å². The molecule has 0 radical (unpaired) electrons. The zero-order valence-corrected chi connectivity index (χ0v) is 14.1. The molecular weight excluding hydrogens is 372 g/mol. The van der Waals surface area contributed by atoms with Crippen molar-refractivity contribution in [2.45, 2.75) is 25.9 Å². The van der Waals surface area contributed by atoms with Gasteiger partial charge in [0, 0.05) is 28.1 Å². The lowest BCUT2D eigenvalue weighted by atomic mass is 10.0. The molecular formula is C14H16Br2N2O. The van der Waals surface area contributed by atoms with Crippen LogP contribution >= 0.6 is 31.9 Å². The summed E-state index contributed by atoms with van der Waals surface area (Å²) in [7, 11) is 1.91. The monoisotopic (exact) mass is 386 g/mol. The normalized spacial score (nSPS) is 12.7. The van der Waals surface area contributed by atoms with E-state index in [0.29, 0.717) is 6.42 Å². The molecule has 19 heavy (non-hydrogen) atoms. The summed E-state index contributed by atoms with van der Waals surface area (Å²) in [5.74, 6) is 0. The maximum absolute atomic E-state index is 10.4. The van der Waals surface area contributed by atoms with Crippen molar-refractivity contribution in [3.8, 4) is 0 Å². The van der Waals surface area contributed by atoms with E-state index in [9.17, 15) is 5.11 Å². The number of nitrogens with zero attached hydrogens (tertiary/aromatic N) is 2. The summed E-state index contributed by atoms with van der Waals surface area (Å²) in [6, 6.07) is 7.86. The van der Waals surface area contributed by atoms with E-state index >= 15 is 0 Å². The molecule has 0 aliphatic carbocycles. The molecule has 1 heterocycles. The summed E-state index contributed by atoms with van der Waals surface area (Å²) in [6.45, 7) is 2.08. The van der Waals surface area contributed by atoms with E-state index in [1.807, 2.05) is 29.9 Å². The van der Waals surface area contributed by atoms with Gasteiger partial charge in [-0.25, -0.2) is 0 Å². The molecule has 1 aromatic heterocycles. The SMILES string of the molecule is CCc1cc(CC(O)c2ccc(Br)cc2Br)n(C)n1. The molecule has 0 bridgehead atoms. The van der Waals surface area contributed by atoms with Gasteiger partial charge in [0.25, 0.3) is 0 Å². The third-order valence-corrected chi connectivity index (χ3v) is 4.29. The van der Waals surface area contributed by atoms with Crippen LogP contribution in [0.25, 0.3) is 0 Å². The number of aryl methyl sites for hydroxylation is 2. The Bertz CT molecular complexity index is 581. The number of halogens is 2. The second-order valence-corrected chi connectivity index (χ2v) is 6.26. The number of hydrogen-bond donors (Lipinski definition) is 1. The lowest BCUT2D eigenvalue weighted by Crippen LogP contribution is -2.07. The Kier molecular flexibility index (Phi) is 4.81. The van der Waals surface area contributed by atoms with Crippen LogP contribution in [0.5, 0.6) is 0 Å². The lowest BCUT2D eigenvalue weighted by Gasteiger charge is -2.13. The topological polar surface area (TPSA) is 38.0 Å². The fraction of sp³-hybridized carbons (Fsp3) is 0.357. The molecule has 2 aromatic rings. The van der Waals surface area contributed by atoms with E-state index in [2.05, 4.69) is 49.9 Å². The molecule has 3 nitrogen and oxygen atoms in total. The van der Waals surface area contributed by atoms with E-state index < -0.39 is 6.10 Å². The molecule has 2 rings (SSSR count). The summed E-state index contributed by atoms with van der Waals surface area (Å²) in [6.07, 6.45) is 0.929. The van der Waals surface area contributed by atoms with Gasteiger partial charge in [0.2, 0.25) is 0 Å². The molecule has 0 saturated carbocycles. The Balaban J connectivity index is 2.20. The number of aliphatic hydroxyl groups is 1. The van der Waals surface area contributed by atoms with Gasteiger partial charge in [-0.3, -0.25) is 4.68 Å². The van der Waals surface area contributed by atoms with Gasteiger partial charge in [0.15, 0.2) is 0 Å². The Morgan fingerprint density at radius 1 is 1.32 bits per heavy atom. The molecule has 0 amide bonds. The van der Waals surface area contributed by atoms with Gasteiger partial charge in [0.1, 0.15) is 0 Å². The highest BCUT2D eigenvalue weighted by Crippen LogP contribution is 2.28. The number of aliphatic hydroxyl groups excluding tert-OH is 1. The van der Waals surface area contributed by atoms with Crippen LogP contribution in [0.2, 0.25) is 0 Å². The molecule has 0 aliphatic rings. The van der Waals surface area contributed by atoms with Crippen LogP contribution in [0, 0.1) is 0 Å². The smallest absolute Gasteiger partial charge is 0.0856 e. The number of rotatable bonds is 4. The van der Waals surface area contributed by atoms with Crippen LogP contribution in [0.15, 0.2) is 33.2 Å². The van der Waals surface area contributed by atoms with Crippen LogP contribution in [-0.2, 0) is 19.9 Å². The average Bonchev–Trinajstić information content (AvgIpc) is 2.70. The maximum Gasteiger partial charge on any atom is 0.0856 e. The van der Waals surface area contributed by atoms with Crippen LogP contribution in [-0.4, -0.2) is 14.9 Å². The third-order valence-electron chi connectivity index (χ3n) is 3.11. The number of hydrogen-bond acceptors (Lipinski definition) is 2. The van der Waals surface area contributed by atoms with Crippen molar-refractivity contribution in [1.29, 1.82) is 0 Å². The zero-order chi connectivity index (χ0) is 14.0. The first-order chi connectivity index (χ1) is 9.01. The van der Waals surface area contributed by atoms with Gasteiger partial charge in [-0.1, -0.05) is 44.8 Å².